The van der Waals surface area contributed by atoms with Crippen molar-refractivity contribution in [3.63, 3.8) is 0 Å². The molecule has 0 atom stereocenters. The molecular weight excluding hydrogens is 335 g/mol. The Labute approximate surface area is 134 Å². The molecule has 0 radical (unpaired) electrons. The van der Waals surface area contributed by atoms with E-state index >= 15 is 0 Å². The lowest BCUT2D eigenvalue weighted by Gasteiger charge is -2.08. The van der Waals surface area contributed by atoms with E-state index in [1.807, 2.05) is 0 Å². The second kappa shape index (κ2) is 6.74. The highest BCUT2D eigenvalue weighted by Gasteiger charge is 2.31. The summed E-state index contributed by atoms with van der Waals surface area (Å²) >= 11 is 5.73. The van der Waals surface area contributed by atoms with Crippen LogP contribution in [0.4, 0.5) is 19.0 Å². The lowest BCUT2D eigenvalue weighted by atomic mass is 10.2. The normalized spacial score (nSPS) is 11.7. The number of nitrogens with zero attached hydrogens (tertiary/aromatic N) is 2. The molecule has 0 saturated carbocycles. The van der Waals surface area contributed by atoms with Crippen molar-refractivity contribution in [2.24, 2.45) is 5.10 Å². The van der Waals surface area contributed by atoms with Gasteiger partial charge in [0.05, 0.1) is 23.9 Å². The number of alkyl halides is 3. The molecule has 0 saturated heterocycles. The average molecular weight is 346 g/mol. The summed E-state index contributed by atoms with van der Waals surface area (Å²) in [4.78, 5) is 3.57. The molecule has 2 N–H and O–H groups in total. The summed E-state index contributed by atoms with van der Waals surface area (Å²) in [7, 11) is 1.42. The molecule has 122 valence electrons. The molecule has 0 fully saturated rings. The fourth-order valence-corrected chi connectivity index (χ4v) is 1.84. The molecule has 1 aromatic carbocycles. The number of benzene rings is 1. The van der Waals surface area contributed by atoms with Gasteiger partial charge in [-0.1, -0.05) is 11.6 Å². The first-order chi connectivity index (χ1) is 10.8. The van der Waals surface area contributed by atoms with E-state index in [0.717, 1.165) is 6.07 Å². The Hall–Kier alpha value is -2.48. The van der Waals surface area contributed by atoms with Gasteiger partial charge in [0.25, 0.3) is 0 Å². The maximum Gasteiger partial charge on any atom is 0.417 e. The molecule has 0 aliphatic carbocycles. The molecule has 2 rings (SSSR count). The van der Waals surface area contributed by atoms with E-state index in [0.29, 0.717) is 17.5 Å². The molecule has 1 aromatic heterocycles. The van der Waals surface area contributed by atoms with Crippen molar-refractivity contribution in [3.8, 4) is 11.5 Å². The van der Waals surface area contributed by atoms with E-state index < -0.39 is 11.7 Å². The minimum Gasteiger partial charge on any atom is -0.504 e. The number of hydrogen-bond donors (Lipinski definition) is 2. The van der Waals surface area contributed by atoms with Gasteiger partial charge in [-0.3, -0.25) is 5.43 Å². The van der Waals surface area contributed by atoms with Crippen molar-refractivity contribution in [1.82, 2.24) is 4.98 Å². The second-order valence-electron chi connectivity index (χ2n) is 4.35. The largest absolute Gasteiger partial charge is 0.504 e. The van der Waals surface area contributed by atoms with Crippen LogP contribution in [0.1, 0.15) is 11.1 Å². The molecule has 23 heavy (non-hydrogen) atoms. The number of hydrogen-bond acceptors (Lipinski definition) is 5. The van der Waals surface area contributed by atoms with Crippen LogP contribution in [0.5, 0.6) is 11.5 Å². The van der Waals surface area contributed by atoms with Crippen molar-refractivity contribution in [2.75, 3.05) is 12.5 Å². The lowest BCUT2D eigenvalue weighted by molar-refractivity contribution is -0.137. The molecule has 0 aliphatic heterocycles. The molecule has 0 bridgehead atoms. The number of halogens is 4. The van der Waals surface area contributed by atoms with Gasteiger partial charge < -0.3 is 9.84 Å². The summed E-state index contributed by atoms with van der Waals surface area (Å²) in [6, 6.07) is 5.34. The van der Waals surface area contributed by atoms with E-state index in [4.69, 9.17) is 16.3 Å². The maximum absolute atomic E-state index is 12.5. The van der Waals surface area contributed by atoms with Gasteiger partial charge in [0.15, 0.2) is 17.3 Å². The van der Waals surface area contributed by atoms with E-state index in [1.54, 1.807) is 12.1 Å². The van der Waals surface area contributed by atoms with E-state index in [2.05, 4.69) is 15.5 Å². The van der Waals surface area contributed by atoms with Crippen LogP contribution in [0.2, 0.25) is 5.02 Å². The third-order valence-corrected chi connectivity index (χ3v) is 3.04. The lowest BCUT2D eigenvalue weighted by Crippen LogP contribution is -2.06. The van der Waals surface area contributed by atoms with Crippen LogP contribution in [0.15, 0.2) is 35.6 Å². The van der Waals surface area contributed by atoms with E-state index in [1.165, 1.54) is 19.4 Å². The quantitative estimate of drug-likeness (QED) is 0.651. The number of aromatic hydroxyl groups is 1. The highest BCUT2D eigenvalue weighted by molar-refractivity contribution is 6.32. The monoisotopic (exact) mass is 345 g/mol. The van der Waals surface area contributed by atoms with Gasteiger partial charge in [-0.25, -0.2) is 4.98 Å². The summed E-state index contributed by atoms with van der Waals surface area (Å²) in [6.07, 6.45) is -2.52. The van der Waals surface area contributed by atoms with Gasteiger partial charge in [-0.2, -0.15) is 18.3 Å². The van der Waals surface area contributed by atoms with Crippen LogP contribution in [0.3, 0.4) is 0 Å². The van der Waals surface area contributed by atoms with E-state index in [9.17, 15) is 18.3 Å². The number of phenols is 1. The van der Waals surface area contributed by atoms with Crippen LogP contribution in [0, 0.1) is 0 Å². The molecule has 0 unspecified atom stereocenters. The Bertz CT molecular complexity index is 736. The minimum atomic E-state index is -4.51. The predicted octanol–water partition coefficient (Wildman–Crippen LogP) is 3.91. The van der Waals surface area contributed by atoms with Gasteiger partial charge in [0, 0.05) is 6.20 Å². The van der Waals surface area contributed by atoms with Crippen molar-refractivity contribution >= 4 is 23.6 Å². The van der Waals surface area contributed by atoms with Crippen molar-refractivity contribution in [1.29, 1.82) is 0 Å². The summed E-state index contributed by atoms with van der Waals surface area (Å²) < 4.78 is 42.4. The third-order valence-electron chi connectivity index (χ3n) is 2.76. The zero-order valence-corrected chi connectivity index (χ0v) is 12.5. The molecule has 0 amide bonds. The first kappa shape index (κ1) is 16.9. The van der Waals surface area contributed by atoms with Crippen LogP contribution < -0.4 is 10.2 Å². The molecule has 5 nitrogen and oxygen atoms in total. The summed E-state index contributed by atoms with van der Waals surface area (Å²) in [5.74, 6) is 0.221. The smallest absolute Gasteiger partial charge is 0.417 e. The molecule has 0 aliphatic rings. The van der Waals surface area contributed by atoms with Crippen molar-refractivity contribution in [3.05, 3.63) is 46.6 Å². The second-order valence-corrected chi connectivity index (χ2v) is 4.76. The third kappa shape index (κ3) is 4.26. The van der Waals surface area contributed by atoms with Crippen LogP contribution in [-0.4, -0.2) is 23.4 Å². The Kier molecular flexibility index (Phi) is 4.95. The standard InChI is InChI=1S/C14H11ClF3N3O2/c1-23-12-3-2-8(4-11(12)22)6-20-21-13-10(15)5-9(7-19-13)14(16,17)18/h2-7,22H,1H3,(H,19,21)/b20-6-. The molecule has 2 aromatic rings. The maximum atomic E-state index is 12.5. The van der Waals surface area contributed by atoms with Crippen LogP contribution in [0.25, 0.3) is 0 Å². The number of ether oxygens (including phenoxy) is 1. The SMILES string of the molecule is COc1ccc(/C=N\Nc2ncc(C(F)(F)F)cc2Cl)cc1O. The molecule has 1 heterocycles. The summed E-state index contributed by atoms with van der Waals surface area (Å²) in [5, 5.41) is 13.2. The summed E-state index contributed by atoms with van der Waals surface area (Å²) in [6.45, 7) is 0. The van der Waals surface area contributed by atoms with Crippen LogP contribution in [-0.2, 0) is 6.18 Å². The first-order valence-corrected chi connectivity index (χ1v) is 6.58. The minimum absolute atomic E-state index is 0.0198. The number of pyridine rings is 1. The molecule has 0 spiro atoms. The van der Waals surface area contributed by atoms with Crippen LogP contribution >= 0.6 is 11.6 Å². The average Bonchev–Trinajstić information content (AvgIpc) is 2.48. The van der Waals surface area contributed by atoms with Gasteiger partial charge in [0.2, 0.25) is 0 Å². The Morgan fingerprint density at radius 2 is 2.09 bits per heavy atom. The Morgan fingerprint density at radius 1 is 1.35 bits per heavy atom. The van der Waals surface area contributed by atoms with Gasteiger partial charge in [0.1, 0.15) is 0 Å². The molecule has 9 heteroatoms. The van der Waals surface area contributed by atoms with Gasteiger partial charge in [-0.05, 0) is 29.8 Å². The Morgan fingerprint density at radius 3 is 2.65 bits per heavy atom. The number of rotatable bonds is 4. The Balaban J connectivity index is 2.10. The predicted molar refractivity (Wildman–Crippen MR) is 80.1 cm³/mol. The van der Waals surface area contributed by atoms with Gasteiger partial charge >= 0.3 is 6.18 Å². The van der Waals surface area contributed by atoms with Crippen molar-refractivity contribution in [2.45, 2.75) is 6.18 Å². The number of hydrazone groups is 1. The fourth-order valence-electron chi connectivity index (χ4n) is 1.63. The highest BCUT2D eigenvalue weighted by Crippen LogP contribution is 2.32. The van der Waals surface area contributed by atoms with E-state index in [-0.39, 0.29) is 16.6 Å². The molecular formula is C14H11ClF3N3O2. The topological polar surface area (TPSA) is 66.7 Å². The number of nitrogens with one attached hydrogen (secondary N) is 1. The highest BCUT2D eigenvalue weighted by atomic mass is 35.5. The fraction of sp³-hybridized carbons (Fsp3) is 0.143. The zero-order valence-electron chi connectivity index (χ0n) is 11.7. The number of methoxy groups -OCH3 is 1. The number of aromatic nitrogens is 1. The summed E-state index contributed by atoms with van der Waals surface area (Å²) in [5.41, 5.74) is 2.03. The van der Waals surface area contributed by atoms with Gasteiger partial charge in [-0.15, -0.1) is 0 Å². The number of phenolic OH excluding ortho intramolecular Hbond substituents is 1. The number of anilines is 1. The van der Waals surface area contributed by atoms with Crippen molar-refractivity contribution < 1.29 is 23.0 Å². The zero-order chi connectivity index (χ0) is 17.0. The first-order valence-electron chi connectivity index (χ1n) is 6.20.